The van der Waals surface area contributed by atoms with E-state index in [1.54, 1.807) is 25.3 Å². The Morgan fingerprint density at radius 1 is 1.10 bits per heavy atom. The molecule has 0 radical (unpaired) electrons. The van der Waals surface area contributed by atoms with Crippen LogP contribution >= 0.6 is 0 Å². The Bertz CT molecular complexity index is 1370. The number of carbonyl (C=O) groups excluding carboxylic acids is 1. The smallest absolute Gasteiger partial charge is 0.265 e. The van der Waals surface area contributed by atoms with E-state index in [4.69, 9.17) is 0 Å². The minimum Gasteiger partial charge on any atom is -0.292 e. The summed E-state index contributed by atoms with van der Waals surface area (Å²) in [6.07, 6.45) is 1.61. The van der Waals surface area contributed by atoms with Crippen molar-refractivity contribution in [3.8, 4) is 0 Å². The molecule has 1 aromatic carbocycles. The van der Waals surface area contributed by atoms with Crippen molar-refractivity contribution >= 4 is 22.9 Å². The summed E-state index contributed by atoms with van der Waals surface area (Å²) in [4.78, 5) is 48.5. The van der Waals surface area contributed by atoms with Crippen molar-refractivity contribution in [2.45, 2.75) is 20.4 Å². The summed E-state index contributed by atoms with van der Waals surface area (Å²) in [5, 5.41) is 3.16. The second-order valence-corrected chi connectivity index (χ2v) is 7.04. The Kier molecular flexibility index (Phi) is 4.97. The van der Waals surface area contributed by atoms with E-state index in [2.05, 4.69) is 20.3 Å². The minimum absolute atomic E-state index is 0.0132. The molecule has 30 heavy (non-hydrogen) atoms. The van der Waals surface area contributed by atoms with Gasteiger partial charge in [0.25, 0.3) is 17.0 Å². The van der Waals surface area contributed by atoms with Gasteiger partial charge in [-0.3, -0.25) is 29.3 Å². The van der Waals surface area contributed by atoms with Crippen LogP contribution in [0.25, 0.3) is 11.0 Å². The maximum atomic E-state index is 13.2. The highest BCUT2D eigenvalue weighted by molar-refractivity contribution is 6.04. The SMILES string of the molecule is Cc1ccc(Cn2c(=O)c(C(=O)Nc3nc(C)cc(=O)[nH]3)cc3cccnc32)cc1. The van der Waals surface area contributed by atoms with Gasteiger partial charge in [0.05, 0.1) is 6.54 Å². The molecule has 0 aliphatic heterocycles. The standard InChI is InChI=1S/C22H19N5O3/c1-13-5-7-15(8-6-13)12-27-19-16(4-3-9-23-19)11-17(21(27)30)20(29)26-22-24-14(2)10-18(28)25-22/h3-11H,12H2,1-2H3,(H2,24,25,26,28,29). The maximum Gasteiger partial charge on any atom is 0.265 e. The van der Waals surface area contributed by atoms with Gasteiger partial charge in [0.2, 0.25) is 5.95 Å². The van der Waals surface area contributed by atoms with Gasteiger partial charge >= 0.3 is 0 Å². The number of carbonyl (C=O) groups is 1. The summed E-state index contributed by atoms with van der Waals surface area (Å²) in [5.74, 6) is -0.669. The van der Waals surface area contributed by atoms with Crippen molar-refractivity contribution in [3.63, 3.8) is 0 Å². The van der Waals surface area contributed by atoms with Crippen LogP contribution in [0, 0.1) is 13.8 Å². The van der Waals surface area contributed by atoms with Gasteiger partial charge in [-0.25, -0.2) is 9.97 Å². The normalized spacial score (nSPS) is 10.9. The largest absolute Gasteiger partial charge is 0.292 e. The molecule has 8 heteroatoms. The van der Waals surface area contributed by atoms with Crippen LogP contribution in [-0.2, 0) is 6.54 Å². The highest BCUT2D eigenvalue weighted by Crippen LogP contribution is 2.14. The molecule has 0 fully saturated rings. The highest BCUT2D eigenvalue weighted by atomic mass is 16.2. The number of nitrogens with zero attached hydrogens (tertiary/aromatic N) is 3. The van der Waals surface area contributed by atoms with Crippen LogP contribution in [0.3, 0.4) is 0 Å². The predicted octanol–water partition coefficient (Wildman–Crippen LogP) is 2.40. The molecule has 1 amide bonds. The first-order chi connectivity index (χ1) is 14.4. The fraction of sp³-hybridized carbons (Fsp3) is 0.136. The molecule has 4 aromatic rings. The second-order valence-electron chi connectivity index (χ2n) is 7.04. The van der Waals surface area contributed by atoms with Crippen LogP contribution in [0.1, 0.15) is 27.2 Å². The van der Waals surface area contributed by atoms with E-state index < -0.39 is 17.0 Å². The fourth-order valence-corrected chi connectivity index (χ4v) is 3.20. The van der Waals surface area contributed by atoms with Crippen molar-refractivity contribution in [2.75, 3.05) is 5.32 Å². The first kappa shape index (κ1) is 19.3. The highest BCUT2D eigenvalue weighted by Gasteiger charge is 2.17. The quantitative estimate of drug-likeness (QED) is 0.546. The number of benzene rings is 1. The lowest BCUT2D eigenvalue weighted by Gasteiger charge is -2.12. The van der Waals surface area contributed by atoms with Crippen LogP contribution in [0.4, 0.5) is 5.95 Å². The molecule has 150 valence electrons. The molecule has 2 N–H and O–H groups in total. The molecule has 0 unspecified atom stereocenters. The van der Waals surface area contributed by atoms with Crippen molar-refractivity contribution in [2.24, 2.45) is 0 Å². The molecule has 0 bridgehead atoms. The summed E-state index contributed by atoms with van der Waals surface area (Å²) < 4.78 is 1.47. The lowest BCUT2D eigenvalue weighted by molar-refractivity contribution is 0.102. The topological polar surface area (TPSA) is 110 Å². The average Bonchev–Trinajstić information content (AvgIpc) is 2.70. The van der Waals surface area contributed by atoms with Gasteiger partial charge in [0, 0.05) is 23.3 Å². The van der Waals surface area contributed by atoms with Gasteiger partial charge in [-0.05, 0) is 37.6 Å². The molecular weight excluding hydrogens is 382 g/mol. The third-order valence-corrected chi connectivity index (χ3v) is 4.66. The van der Waals surface area contributed by atoms with Gasteiger partial charge < -0.3 is 0 Å². The van der Waals surface area contributed by atoms with Crippen LogP contribution in [-0.4, -0.2) is 25.4 Å². The second kappa shape index (κ2) is 7.75. The number of fused-ring (bicyclic) bond motifs is 1. The third kappa shape index (κ3) is 3.88. The maximum absolute atomic E-state index is 13.2. The van der Waals surface area contributed by atoms with E-state index in [-0.39, 0.29) is 18.1 Å². The predicted molar refractivity (Wildman–Crippen MR) is 114 cm³/mol. The van der Waals surface area contributed by atoms with Crippen LogP contribution < -0.4 is 16.4 Å². The zero-order valence-corrected chi connectivity index (χ0v) is 16.5. The van der Waals surface area contributed by atoms with E-state index in [9.17, 15) is 14.4 Å². The van der Waals surface area contributed by atoms with Crippen LogP contribution in [0.5, 0.6) is 0 Å². The average molecular weight is 401 g/mol. The molecule has 3 heterocycles. The van der Waals surface area contributed by atoms with E-state index in [0.29, 0.717) is 16.7 Å². The Morgan fingerprint density at radius 2 is 1.87 bits per heavy atom. The van der Waals surface area contributed by atoms with Crippen LogP contribution in [0.15, 0.2) is 64.3 Å². The van der Waals surface area contributed by atoms with E-state index in [1.165, 1.54) is 16.7 Å². The summed E-state index contributed by atoms with van der Waals surface area (Å²) in [6.45, 7) is 3.90. The Labute approximate surface area is 171 Å². The number of pyridine rings is 2. The molecule has 3 aromatic heterocycles. The number of aromatic amines is 1. The molecule has 0 spiro atoms. The molecule has 0 saturated heterocycles. The number of H-pyrrole nitrogens is 1. The Balaban J connectivity index is 1.79. The molecular formula is C22H19N5O3. The van der Waals surface area contributed by atoms with Gasteiger partial charge in [-0.15, -0.1) is 0 Å². The number of amides is 1. The lowest BCUT2D eigenvalue weighted by Crippen LogP contribution is -2.31. The van der Waals surface area contributed by atoms with Gasteiger partial charge in [-0.1, -0.05) is 29.8 Å². The number of aromatic nitrogens is 4. The van der Waals surface area contributed by atoms with E-state index in [1.807, 2.05) is 31.2 Å². The summed E-state index contributed by atoms with van der Waals surface area (Å²) >= 11 is 0. The molecule has 4 rings (SSSR count). The number of aryl methyl sites for hydroxylation is 2. The first-order valence-electron chi connectivity index (χ1n) is 9.34. The number of nitrogens with one attached hydrogen (secondary N) is 2. The zero-order valence-electron chi connectivity index (χ0n) is 16.5. The fourth-order valence-electron chi connectivity index (χ4n) is 3.20. The summed E-state index contributed by atoms with van der Waals surface area (Å²) in [5.41, 5.74) is 2.03. The Morgan fingerprint density at radius 3 is 2.60 bits per heavy atom. The zero-order chi connectivity index (χ0) is 21.3. The first-order valence-corrected chi connectivity index (χ1v) is 9.34. The number of rotatable bonds is 4. The molecule has 0 aliphatic rings. The van der Waals surface area contributed by atoms with E-state index in [0.717, 1.165) is 11.1 Å². The monoisotopic (exact) mass is 401 g/mol. The lowest BCUT2D eigenvalue weighted by atomic mass is 10.1. The number of hydrogen-bond acceptors (Lipinski definition) is 5. The summed E-state index contributed by atoms with van der Waals surface area (Å²) in [6, 6.07) is 14.1. The van der Waals surface area contributed by atoms with Crippen molar-refractivity contribution in [1.82, 2.24) is 19.5 Å². The Hall–Kier alpha value is -4.07. The molecule has 0 aliphatic carbocycles. The molecule has 0 atom stereocenters. The van der Waals surface area contributed by atoms with Gasteiger partial charge in [0.1, 0.15) is 11.2 Å². The number of hydrogen-bond donors (Lipinski definition) is 2. The summed E-state index contributed by atoms with van der Waals surface area (Å²) in [7, 11) is 0. The van der Waals surface area contributed by atoms with Gasteiger partial charge in [-0.2, -0.15) is 0 Å². The van der Waals surface area contributed by atoms with E-state index >= 15 is 0 Å². The van der Waals surface area contributed by atoms with Crippen molar-refractivity contribution in [1.29, 1.82) is 0 Å². The minimum atomic E-state index is -0.655. The number of anilines is 1. The van der Waals surface area contributed by atoms with Crippen molar-refractivity contribution < 1.29 is 4.79 Å². The van der Waals surface area contributed by atoms with Crippen molar-refractivity contribution in [3.05, 3.63) is 97.8 Å². The molecule has 8 nitrogen and oxygen atoms in total. The third-order valence-electron chi connectivity index (χ3n) is 4.66. The van der Waals surface area contributed by atoms with Gasteiger partial charge in [0.15, 0.2) is 0 Å². The van der Waals surface area contributed by atoms with Crippen LogP contribution in [0.2, 0.25) is 0 Å². The molecule has 0 saturated carbocycles.